The molecule has 2 rings (SSSR count). The van der Waals surface area contributed by atoms with Gasteiger partial charge in [0.2, 0.25) is 5.91 Å². The molecule has 0 fully saturated rings. The van der Waals surface area contributed by atoms with Gasteiger partial charge < -0.3 is 24.6 Å². The van der Waals surface area contributed by atoms with Gasteiger partial charge in [0.15, 0.2) is 0 Å². The normalized spacial score (nSPS) is 26.0. The highest BCUT2D eigenvalue weighted by molar-refractivity contribution is 7.09. The smallest absolute Gasteiger partial charge is 0.219 e. The van der Waals surface area contributed by atoms with Crippen LogP contribution in [-0.4, -0.2) is 90.2 Å². The van der Waals surface area contributed by atoms with E-state index in [0.29, 0.717) is 32.2 Å². The molecule has 7 nitrogen and oxygen atoms in total. The average Bonchev–Trinajstić information content (AvgIpc) is 3.23. The van der Waals surface area contributed by atoms with Gasteiger partial charge in [-0.25, -0.2) is 0 Å². The highest BCUT2D eigenvalue weighted by atomic mass is 32.1. The Kier molecular flexibility index (Phi) is 11.7. The monoisotopic (exact) mass is 454 g/mol. The predicted molar refractivity (Wildman–Crippen MR) is 123 cm³/mol. The van der Waals surface area contributed by atoms with E-state index in [1.54, 1.807) is 16.2 Å². The van der Waals surface area contributed by atoms with Crippen LogP contribution in [0.15, 0.2) is 29.7 Å². The number of aliphatic hydroxyl groups is 2. The number of hydrogen-bond donors (Lipinski definition) is 2. The zero-order chi connectivity index (χ0) is 22.6. The van der Waals surface area contributed by atoms with Gasteiger partial charge in [0.1, 0.15) is 18.3 Å². The zero-order valence-corrected chi connectivity index (χ0v) is 19.8. The third-order valence-electron chi connectivity index (χ3n) is 5.33. The summed E-state index contributed by atoms with van der Waals surface area (Å²) in [6.07, 6.45) is 1.91. The molecule has 1 aromatic rings. The van der Waals surface area contributed by atoms with Gasteiger partial charge in [-0.05, 0) is 23.8 Å². The summed E-state index contributed by atoms with van der Waals surface area (Å²) in [7, 11) is 0. The molecule has 2 heterocycles. The van der Waals surface area contributed by atoms with Crippen molar-refractivity contribution in [2.75, 3.05) is 46.0 Å². The van der Waals surface area contributed by atoms with E-state index in [-0.39, 0.29) is 19.1 Å². The summed E-state index contributed by atoms with van der Waals surface area (Å²) in [6.45, 7) is 9.59. The van der Waals surface area contributed by atoms with Crippen LogP contribution in [0.2, 0.25) is 0 Å². The molecule has 1 aliphatic rings. The molecule has 0 aromatic carbocycles. The van der Waals surface area contributed by atoms with Gasteiger partial charge in [-0.15, -0.1) is 11.3 Å². The Morgan fingerprint density at radius 2 is 2.13 bits per heavy atom. The van der Waals surface area contributed by atoms with Crippen LogP contribution >= 0.6 is 11.3 Å². The fraction of sp³-hybridized carbons (Fsp3) is 0.696. The van der Waals surface area contributed by atoms with Gasteiger partial charge in [0.25, 0.3) is 0 Å². The third kappa shape index (κ3) is 9.80. The van der Waals surface area contributed by atoms with E-state index in [1.807, 2.05) is 18.2 Å². The first-order valence-corrected chi connectivity index (χ1v) is 12.0. The number of carbonyl (C=O) groups excluding carboxylic acids is 1. The average molecular weight is 455 g/mol. The Bertz CT molecular complexity index is 652. The van der Waals surface area contributed by atoms with Crippen molar-refractivity contribution in [3.63, 3.8) is 0 Å². The first-order valence-electron chi connectivity index (χ1n) is 11.1. The van der Waals surface area contributed by atoms with Crippen LogP contribution in [0.4, 0.5) is 0 Å². The molecule has 1 aliphatic heterocycles. The Labute approximate surface area is 190 Å². The van der Waals surface area contributed by atoms with Gasteiger partial charge in [0, 0.05) is 51.1 Å². The fourth-order valence-corrected chi connectivity index (χ4v) is 4.07. The SMILES string of the molecule is CC(=O)N1CCN(Cc2cccs2)C/C=C\COC[C@H](O)[C@H](O)[C@@H](OCCC(C)C)C1. The summed E-state index contributed by atoms with van der Waals surface area (Å²) in [5.74, 6) is 0.388. The summed E-state index contributed by atoms with van der Waals surface area (Å²) in [6, 6.07) is 4.16. The van der Waals surface area contributed by atoms with Crippen LogP contribution in [0.5, 0.6) is 0 Å². The Hall–Kier alpha value is -1.29. The standard InChI is InChI=1S/C23H38N2O5S/c1-18(2)8-13-30-22-16-25(19(3)26)11-10-24(15-20-7-6-14-31-20)9-4-5-12-29-17-21(27)23(22)28/h4-7,14,18,21-23,27-28H,8-13,15-17H2,1-3H3/b5-4-/t21-,22-,23-/m0/s1. The van der Waals surface area contributed by atoms with Crippen LogP contribution in [0, 0.1) is 5.92 Å². The lowest BCUT2D eigenvalue weighted by Crippen LogP contribution is -2.50. The number of carbonyl (C=O) groups is 1. The minimum atomic E-state index is -1.14. The van der Waals surface area contributed by atoms with Crippen molar-refractivity contribution in [2.24, 2.45) is 5.92 Å². The van der Waals surface area contributed by atoms with E-state index in [2.05, 4.69) is 30.2 Å². The minimum absolute atomic E-state index is 0.00846. The number of nitrogens with zero attached hydrogens (tertiary/aromatic N) is 2. The molecule has 0 bridgehead atoms. The highest BCUT2D eigenvalue weighted by Gasteiger charge is 2.30. The molecule has 0 saturated heterocycles. The van der Waals surface area contributed by atoms with Crippen molar-refractivity contribution in [1.29, 1.82) is 0 Å². The summed E-state index contributed by atoms with van der Waals surface area (Å²) in [5, 5.41) is 23.2. The molecule has 1 aromatic heterocycles. The molecule has 3 atom stereocenters. The molecule has 31 heavy (non-hydrogen) atoms. The first kappa shape index (κ1) is 26.0. The van der Waals surface area contributed by atoms with Crippen LogP contribution in [0.25, 0.3) is 0 Å². The van der Waals surface area contributed by atoms with E-state index in [4.69, 9.17) is 9.47 Å². The van der Waals surface area contributed by atoms with Crippen LogP contribution in [0.3, 0.4) is 0 Å². The van der Waals surface area contributed by atoms with E-state index >= 15 is 0 Å². The number of aliphatic hydroxyl groups excluding tert-OH is 2. The van der Waals surface area contributed by atoms with Crippen LogP contribution in [-0.2, 0) is 20.8 Å². The van der Waals surface area contributed by atoms with Crippen molar-refractivity contribution in [3.8, 4) is 0 Å². The molecule has 0 aliphatic carbocycles. The number of ether oxygens (including phenoxy) is 2. The number of hydrogen-bond acceptors (Lipinski definition) is 7. The Morgan fingerprint density at radius 3 is 2.81 bits per heavy atom. The third-order valence-corrected chi connectivity index (χ3v) is 6.19. The molecule has 0 saturated carbocycles. The number of rotatable bonds is 6. The lowest BCUT2D eigenvalue weighted by atomic mass is 10.1. The highest BCUT2D eigenvalue weighted by Crippen LogP contribution is 2.14. The fourth-order valence-electron chi connectivity index (χ4n) is 3.32. The lowest BCUT2D eigenvalue weighted by molar-refractivity contribution is -0.139. The molecule has 176 valence electrons. The van der Waals surface area contributed by atoms with Gasteiger partial charge in [-0.1, -0.05) is 32.1 Å². The lowest BCUT2D eigenvalue weighted by Gasteiger charge is -2.33. The van der Waals surface area contributed by atoms with Gasteiger partial charge in [0.05, 0.1) is 13.2 Å². The molecule has 0 unspecified atom stereocenters. The zero-order valence-electron chi connectivity index (χ0n) is 19.0. The second-order valence-electron chi connectivity index (χ2n) is 8.44. The molecular weight excluding hydrogens is 416 g/mol. The number of amides is 1. The maximum atomic E-state index is 12.3. The minimum Gasteiger partial charge on any atom is -0.388 e. The van der Waals surface area contributed by atoms with Gasteiger partial charge >= 0.3 is 0 Å². The summed E-state index contributed by atoms with van der Waals surface area (Å²) >= 11 is 1.72. The molecule has 0 spiro atoms. The predicted octanol–water partition coefficient (Wildman–Crippen LogP) is 2.14. The molecular formula is C23H38N2O5S. The van der Waals surface area contributed by atoms with Crippen molar-refractivity contribution >= 4 is 17.2 Å². The van der Waals surface area contributed by atoms with Gasteiger partial charge in [-0.3, -0.25) is 9.69 Å². The molecule has 0 radical (unpaired) electrons. The molecule has 2 N–H and O–H groups in total. The Morgan fingerprint density at radius 1 is 1.32 bits per heavy atom. The van der Waals surface area contributed by atoms with E-state index < -0.39 is 18.3 Å². The number of thiophene rings is 1. The largest absolute Gasteiger partial charge is 0.388 e. The summed E-state index contributed by atoms with van der Waals surface area (Å²) < 4.78 is 11.5. The van der Waals surface area contributed by atoms with Crippen molar-refractivity contribution in [1.82, 2.24) is 9.80 Å². The maximum Gasteiger partial charge on any atom is 0.219 e. The second-order valence-corrected chi connectivity index (χ2v) is 9.47. The maximum absolute atomic E-state index is 12.3. The van der Waals surface area contributed by atoms with Crippen molar-refractivity contribution in [3.05, 3.63) is 34.5 Å². The summed E-state index contributed by atoms with van der Waals surface area (Å²) in [4.78, 5) is 17.6. The topological polar surface area (TPSA) is 82.5 Å². The summed E-state index contributed by atoms with van der Waals surface area (Å²) in [5.41, 5.74) is 0. The Balaban J connectivity index is 2.12. The quantitative estimate of drug-likeness (QED) is 0.641. The van der Waals surface area contributed by atoms with E-state index in [1.165, 1.54) is 11.8 Å². The van der Waals surface area contributed by atoms with Crippen LogP contribution < -0.4 is 0 Å². The van der Waals surface area contributed by atoms with E-state index in [0.717, 1.165) is 19.5 Å². The second kappa shape index (κ2) is 14.0. The van der Waals surface area contributed by atoms with Crippen molar-refractivity contribution in [2.45, 2.75) is 52.0 Å². The molecule has 8 heteroatoms. The van der Waals surface area contributed by atoms with Crippen molar-refractivity contribution < 1.29 is 24.5 Å². The van der Waals surface area contributed by atoms with Crippen LogP contribution in [0.1, 0.15) is 32.1 Å². The van der Waals surface area contributed by atoms with Gasteiger partial charge in [-0.2, -0.15) is 0 Å². The first-order chi connectivity index (χ1) is 14.9. The van der Waals surface area contributed by atoms with E-state index in [9.17, 15) is 15.0 Å². The molecule has 1 amide bonds.